The standard InChI is InChI=1S/C17H19N3O2S/c1-2-22-15-6-4-3-5-13(15)7-8-16(21)18-11-14-12-20-9-10-23-17(20)19-14/h3-6,9-10,12H,2,7-8,11H2,1H3,(H,18,21). The quantitative estimate of drug-likeness (QED) is 0.725. The van der Waals surface area contributed by atoms with Gasteiger partial charge in [0.1, 0.15) is 5.75 Å². The lowest BCUT2D eigenvalue weighted by Crippen LogP contribution is -2.23. The number of nitrogens with zero attached hydrogens (tertiary/aromatic N) is 2. The maximum Gasteiger partial charge on any atom is 0.220 e. The molecule has 0 atom stereocenters. The number of ether oxygens (including phenoxy) is 1. The summed E-state index contributed by atoms with van der Waals surface area (Å²) in [5.74, 6) is 0.879. The van der Waals surface area contributed by atoms with Crippen molar-refractivity contribution in [3.8, 4) is 5.75 Å². The molecule has 0 aliphatic heterocycles. The maximum absolute atomic E-state index is 12.0. The molecule has 0 saturated carbocycles. The molecule has 3 aromatic rings. The first-order valence-electron chi connectivity index (χ1n) is 7.64. The van der Waals surface area contributed by atoms with E-state index >= 15 is 0 Å². The summed E-state index contributed by atoms with van der Waals surface area (Å²) in [6.07, 6.45) is 5.01. The van der Waals surface area contributed by atoms with Crippen LogP contribution in [0, 0.1) is 0 Å². The molecule has 2 aromatic heterocycles. The number of para-hydroxylation sites is 1. The van der Waals surface area contributed by atoms with Gasteiger partial charge in [-0.3, -0.25) is 9.20 Å². The highest BCUT2D eigenvalue weighted by atomic mass is 32.1. The van der Waals surface area contributed by atoms with Gasteiger partial charge in [0.15, 0.2) is 4.96 Å². The number of hydrogen-bond donors (Lipinski definition) is 1. The van der Waals surface area contributed by atoms with Gasteiger partial charge in [-0.25, -0.2) is 4.98 Å². The number of imidazole rings is 1. The number of rotatable bonds is 7. The molecule has 0 aliphatic rings. The molecule has 0 spiro atoms. The highest BCUT2D eigenvalue weighted by molar-refractivity contribution is 7.15. The van der Waals surface area contributed by atoms with Crippen LogP contribution in [0.5, 0.6) is 5.75 Å². The van der Waals surface area contributed by atoms with Crippen LogP contribution in [-0.4, -0.2) is 21.9 Å². The molecule has 0 bridgehead atoms. The van der Waals surface area contributed by atoms with Crippen molar-refractivity contribution in [2.24, 2.45) is 0 Å². The van der Waals surface area contributed by atoms with Gasteiger partial charge < -0.3 is 10.1 Å². The molecule has 1 aromatic carbocycles. The third-order valence-corrected chi connectivity index (χ3v) is 4.27. The van der Waals surface area contributed by atoms with Crippen LogP contribution in [0.1, 0.15) is 24.6 Å². The normalized spacial score (nSPS) is 10.8. The first kappa shape index (κ1) is 15.6. The number of carbonyl (C=O) groups excluding carboxylic acids is 1. The zero-order valence-corrected chi connectivity index (χ0v) is 13.8. The lowest BCUT2D eigenvalue weighted by atomic mass is 10.1. The second-order valence-electron chi connectivity index (χ2n) is 5.14. The molecule has 23 heavy (non-hydrogen) atoms. The fraction of sp³-hybridized carbons (Fsp3) is 0.294. The Morgan fingerprint density at radius 3 is 3.09 bits per heavy atom. The van der Waals surface area contributed by atoms with Gasteiger partial charge in [-0.2, -0.15) is 0 Å². The predicted octanol–water partition coefficient (Wildman–Crippen LogP) is 3.04. The first-order valence-corrected chi connectivity index (χ1v) is 8.52. The summed E-state index contributed by atoms with van der Waals surface area (Å²) in [5.41, 5.74) is 1.94. The Bertz CT molecular complexity index is 765. The van der Waals surface area contributed by atoms with E-state index in [1.54, 1.807) is 11.3 Å². The monoisotopic (exact) mass is 329 g/mol. The molecule has 6 heteroatoms. The summed E-state index contributed by atoms with van der Waals surface area (Å²) in [5, 5.41) is 4.91. The van der Waals surface area contributed by atoms with Crippen molar-refractivity contribution in [1.29, 1.82) is 0 Å². The van der Waals surface area contributed by atoms with Crippen molar-refractivity contribution in [1.82, 2.24) is 14.7 Å². The Kier molecular flexibility index (Phi) is 4.92. The second-order valence-corrected chi connectivity index (χ2v) is 6.02. The van der Waals surface area contributed by atoms with Gasteiger partial charge in [-0.05, 0) is 25.0 Å². The third kappa shape index (κ3) is 3.90. The smallest absolute Gasteiger partial charge is 0.220 e. The Morgan fingerprint density at radius 2 is 2.26 bits per heavy atom. The van der Waals surface area contributed by atoms with Gasteiger partial charge in [0.25, 0.3) is 0 Å². The van der Waals surface area contributed by atoms with Crippen LogP contribution in [0.15, 0.2) is 42.0 Å². The molecule has 0 radical (unpaired) electrons. The summed E-state index contributed by atoms with van der Waals surface area (Å²) in [7, 11) is 0. The number of benzene rings is 1. The van der Waals surface area contributed by atoms with Crippen LogP contribution >= 0.6 is 11.3 Å². The molecular formula is C17H19N3O2S. The fourth-order valence-electron chi connectivity index (χ4n) is 2.39. The number of nitrogens with one attached hydrogen (secondary N) is 1. The van der Waals surface area contributed by atoms with E-state index in [0.29, 0.717) is 26.0 Å². The maximum atomic E-state index is 12.0. The van der Waals surface area contributed by atoms with Crippen molar-refractivity contribution < 1.29 is 9.53 Å². The van der Waals surface area contributed by atoms with E-state index in [0.717, 1.165) is 22.0 Å². The number of thiazole rings is 1. The average molecular weight is 329 g/mol. The zero-order valence-electron chi connectivity index (χ0n) is 13.0. The number of carbonyl (C=O) groups is 1. The molecule has 0 aliphatic carbocycles. The summed E-state index contributed by atoms with van der Waals surface area (Å²) >= 11 is 1.58. The molecule has 5 nitrogen and oxygen atoms in total. The molecule has 120 valence electrons. The highest BCUT2D eigenvalue weighted by Crippen LogP contribution is 2.19. The lowest BCUT2D eigenvalue weighted by molar-refractivity contribution is -0.121. The van der Waals surface area contributed by atoms with E-state index in [4.69, 9.17) is 4.74 Å². The van der Waals surface area contributed by atoms with Crippen LogP contribution in [0.3, 0.4) is 0 Å². The SMILES string of the molecule is CCOc1ccccc1CCC(=O)NCc1cn2ccsc2n1. The summed E-state index contributed by atoms with van der Waals surface area (Å²) in [6, 6.07) is 7.85. The Hall–Kier alpha value is -2.34. The zero-order chi connectivity index (χ0) is 16.1. The summed E-state index contributed by atoms with van der Waals surface area (Å²) in [6.45, 7) is 3.04. The minimum atomic E-state index is 0.0210. The van der Waals surface area contributed by atoms with Crippen LogP contribution < -0.4 is 10.1 Å². The van der Waals surface area contributed by atoms with Crippen molar-refractivity contribution in [2.45, 2.75) is 26.3 Å². The van der Waals surface area contributed by atoms with Crippen LogP contribution in [0.25, 0.3) is 4.96 Å². The van der Waals surface area contributed by atoms with Crippen molar-refractivity contribution in [3.63, 3.8) is 0 Å². The highest BCUT2D eigenvalue weighted by Gasteiger charge is 2.08. The van der Waals surface area contributed by atoms with E-state index in [9.17, 15) is 4.79 Å². The van der Waals surface area contributed by atoms with Gasteiger partial charge >= 0.3 is 0 Å². The first-order chi connectivity index (χ1) is 11.3. The Balaban J connectivity index is 1.50. The largest absolute Gasteiger partial charge is 0.494 e. The Labute approximate surface area is 138 Å². The fourth-order valence-corrected chi connectivity index (χ4v) is 3.11. The van der Waals surface area contributed by atoms with Gasteiger partial charge in [0, 0.05) is 24.2 Å². The number of hydrogen-bond acceptors (Lipinski definition) is 4. The van der Waals surface area contributed by atoms with E-state index < -0.39 is 0 Å². The van der Waals surface area contributed by atoms with Crippen LogP contribution in [0.4, 0.5) is 0 Å². The van der Waals surface area contributed by atoms with Gasteiger partial charge in [-0.1, -0.05) is 18.2 Å². The molecule has 0 saturated heterocycles. The number of aromatic nitrogens is 2. The lowest BCUT2D eigenvalue weighted by Gasteiger charge is -2.09. The van der Waals surface area contributed by atoms with E-state index in [-0.39, 0.29) is 5.91 Å². The minimum absolute atomic E-state index is 0.0210. The summed E-state index contributed by atoms with van der Waals surface area (Å²) < 4.78 is 7.54. The topological polar surface area (TPSA) is 55.6 Å². The second kappa shape index (κ2) is 7.28. The molecule has 0 fully saturated rings. The summed E-state index contributed by atoms with van der Waals surface area (Å²) in [4.78, 5) is 17.4. The molecule has 1 N–H and O–H groups in total. The van der Waals surface area contributed by atoms with Crippen molar-refractivity contribution in [2.75, 3.05) is 6.61 Å². The number of amides is 1. The third-order valence-electron chi connectivity index (χ3n) is 3.50. The van der Waals surface area contributed by atoms with Gasteiger partial charge in [0.05, 0.1) is 18.8 Å². The van der Waals surface area contributed by atoms with E-state index in [1.807, 2.05) is 53.4 Å². The molecule has 3 rings (SSSR count). The van der Waals surface area contributed by atoms with Crippen LogP contribution in [0.2, 0.25) is 0 Å². The number of aryl methyl sites for hydroxylation is 1. The average Bonchev–Trinajstić information content (AvgIpc) is 3.13. The Morgan fingerprint density at radius 1 is 1.39 bits per heavy atom. The van der Waals surface area contributed by atoms with Gasteiger partial charge in [0.2, 0.25) is 5.91 Å². The molecular weight excluding hydrogens is 310 g/mol. The van der Waals surface area contributed by atoms with Crippen molar-refractivity contribution >= 4 is 22.2 Å². The van der Waals surface area contributed by atoms with E-state index in [2.05, 4.69) is 10.3 Å². The molecule has 1 amide bonds. The minimum Gasteiger partial charge on any atom is -0.494 e. The molecule has 2 heterocycles. The van der Waals surface area contributed by atoms with Crippen molar-refractivity contribution in [3.05, 3.63) is 53.3 Å². The van der Waals surface area contributed by atoms with E-state index in [1.165, 1.54) is 0 Å². The molecule has 0 unspecified atom stereocenters. The number of fused-ring (bicyclic) bond motifs is 1. The van der Waals surface area contributed by atoms with Crippen LogP contribution in [-0.2, 0) is 17.8 Å². The van der Waals surface area contributed by atoms with Gasteiger partial charge in [-0.15, -0.1) is 11.3 Å². The predicted molar refractivity (Wildman–Crippen MR) is 90.8 cm³/mol.